The van der Waals surface area contributed by atoms with Crippen molar-refractivity contribution < 1.29 is 32.2 Å². The molecule has 0 aromatic heterocycles. The number of nitrogens with one attached hydrogen (secondary N) is 1. The van der Waals surface area contributed by atoms with Crippen LogP contribution < -0.4 is 23.8 Å². The van der Waals surface area contributed by atoms with Crippen molar-refractivity contribution in [3.05, 3.63) is 83.9 Å². The van der Waals surface area contributed by atoms with Gasteiger partial charge in [-0.15, -0.1) is 0 Å². The van der Waals surface area contributed by atoms with Crippen molar-refractivity contribution in [2.24, 2.45) is 0 Å². The van der Waals surface area contributed by atoms with Gasteiger partial charge in [-0.2, -0.15) is 0 Å². The van der Waals surface area contributed by atoms with E-state index in [0.29, 0.717) is 18.0 Å². The van der Waals surface area contributed by atoms with Crippen LogP contribution in [0, 0.1) is 0 Å². The van der Waals surface area contributed by atoms with Crippen molar-refractivity contribution in [2.45, 2.75) is 38.8 Å². The second-order valence-electron chi connectivity index (χ2n) is 10.0. The lowest BCUT2D eigenvalue weighted by molar-refractivity contribution is -0.140. The van der Waals surface area contributed by atoms with Crippen LogP contribution in [0.1, 0.15) is 30.9 Å². The largest absolute Gasteiger partial charge is 0.497 e. The molecule has 0 fully saturated rings. The zero-order valence-corrected chi connectivity index (χ0v) is 26.2. The summed E-state index contributed by atoms with van der Waals surface area (Å²) in [6, 6.07) is 20.4. The van der Waals surface area contributed by atoms with Crippen LogP contribution in [-0.4, -0.2) is 71.8 Å². The molecule has 2 amide bonds. The van der Waals surface area contributed by atoms with Gasteiger partial charge in [-0.3, -0.25) is 13.9 Å². The Kier molecular flexibility index (Phi) is 12.2. The fourth-order valence-electron chi connectivity index (χ4n) is 4.61. The molecule has 1 atom stereocenters. The Bertz CT molecular complexity index is 1460. The van der Waals surface area contributed by atoms with Crippen LogP contribution in [0.4, 0.5) is 5.69 Å². The van der Waals surface area contributed by atoms with Crippen molar-refractivity contribution >= 4 is 27.5 Å². The molecular formula is C32H41N3O7S. The number of amides is 2. The minimum atomic E-state index is -3.98. The van der Waals surface area contributed by atoms with Gasteiger partial charge in [-0.1, -0.05) is 55.8 Å². The molecule has 232 valence electrons. The van der Waals surface area contributed by atoms with Gasteiger partial charge in [0.2, 0.25) is 21.8 Å². The molecule has 3 aromatic carbocycles. The number of rotatable bonds is 16. The normalized spacial score (nSPS) is 11.7. The molecule has 10 nitrogen and oxygen atoms in total. The number of methoxy groups -OCH3 is 3. The van der Waals surface area contributed by atoms with E-state index in [0.717, 1.165) is 34.5 Å². The zero-order chi connectivity index (χ0) is 31.4. The summed E-state index contributed by atoms with van der Waals surface area (Å²) < 4.78 is 43.4. The summed E-state index contributed by atoms with van der Waals surface area (Å²) in [6.45, 7) is 1.96. The SMILES string of the molecule is CCCCNC(=O)[C@H](Cc1ccccc1)N(Cc1cccc(OC)c1)C(=O)CN(c1cc(OC)ccc1OC)S(C)(=O)=O. The van der Waals surface area contributed by atoms with E-state index < -0.39 is 28.5 Å². The molecule has 43 heavy (non-hydrogen) atoms. The van der Waals surface area contributed by atoms with Gasteiger partial charge in [0, 0.05) is 25.6 Å². The number of hydrogen-bond acceptors (Lipinski definition) is 7. The Morgan fingerprint density at radius 2 is 1.53 bits per heavy atom. The summed E-state index contributed by atoms with van der Waals surface area (Å²) >= 11 is 0. The Balaban J connectivity index is 2.10. The number of nitrogens with zero attached hydrogens (tertiary/aromatic N) is 2. The number of sulfonamides is 1. The highest BCUT2D eigenvalue weighted by Gasteiger charge is 2.34. The van der Waals surface area contributed by atoms with Gasteiger partial charge in [-0.05, 0) is 41.8 Å². The Labute approximate surface area is 254 Å². The molecule has 0 aliphatic rings. The van der Waals surface area contributed by atoms with E-state index in [2.05, 4.69) is 5.32 Å². The second-order valence-corrected chi connectivity index (χ2v) is 11.9. The number of benzene rings is 3. The van der Waals surface area contributed by atoms with Crippen LogP contribution in [0.5, 0.6) is 17.2 Å². The molecule has 0 radical (unpaired) electrons. The van der Waals surface area contributed by atoms with Gasteiger partial charge in [0.05, 0.1) is 33.3 Å². The average Bonchev–Trinajstić information content (AvgIpc) is 3.01. The predicted octanol–water partition coefficient (Wildman–Crippen LogP) is 4.03. The third kappa shape index (κ3) is 9.37. The molecule has 3 aromatic rings. The molecule has 3 rings (SSSR count). The molecule has 0 bridgehead atoms. The maximum atomic E-state index is 14.3. The molecular weight excluding hydrogens is 570 g/mol. The fraction of sp³-hybridized carbons (Fsp3) is 0.375. The van der Waals surface area contributed by atoms with Gasteiger partial charge in [-0.25, -0.2) is 8.42 Å². The molecule has 0 aliphatic heterocycles. The van der Waals surface area contributed by atoms with E-state index in [1.165, 1.54) is 25.2 Å². The molecule has 1 N–H and O–H groups in total. The van der Waals surface area contributed by atoms with E-state index in [4.69, 9.17) is 14.2 Å². The average molecular weight is 612 g/mol. The van der Waals surface area contributed by atoms with E-state index in [-0.39, 0.29) is 30.3 Å². The monoisotopic (exact) mass is 611 g/mol. The molecule has 0 unspecified atom stereocenters. The minimum Gasteiger partial charge on any atom is -0.497 e. The van der Waals surface area contributed by atoms with Crippen LogP contribution in [0.2, 0.25) is 0 Å². The smallest absolute Gasteiger partial charge is 0.244 e. The Morgan fingerprint density at radius 1 is 0.860 bits per heavy atom. The lowest BCUT2D eigenvalue weighted by Gasteiger charge is -2.34. The van der Waals surface area contributed by atoms with Crippen molar-refractivity contribution in [2.75, 3.05) is 45.0 Å². The lowest BCUT2D eigenvalue weighted by Crippen LogP contribution is -2.53. The number of unbranched alkanes of at least 4 members (excludes halogenated alkanes) is 1. The molecule has 0 saturated heterocycles. The van der Waals surface area contributed by atoms with Crippen LogP contribution in [0.25, 0.3) is 0 Å². The highest BCUT2D eigenvalue weighted by atomic mass is 32.2. The standard InChI is InChI=1S/C32H41N3O7S/c1-6-7-18-33-32(37)29(20-24-12-9-8-10-13-24)34(22-25-14-11-15-26(19-25)40-2)31(36)23-35(43(5,38)39)28-21-27(41-3)16-17-30(28)42-4/h8-17,19,21,29H,6-7,18,20,22-23H2,1-5H3,(H,33,37)/t29-/m0/s1. The van der Waals surface area contributed by atoms with Crippen LogP contribution in [0.15, 0.2) is 72.8 Å². The number of carbonyl (C=O) groups is 2. The van der Waals surface area contributed by atoms with Crippen molar-refractivity contribution in [3.8, 4) is 17.2 Å². The highest BCUT2D eigenvalue weighted by Crippen LogP contribution is 2.34. The third-order valence-corrected chi connectivity index (χ3v) is 8.05. The molecule has 11 heteroatoms. The first-order chi connectivity index (χ1) is 20.6. The molecule has 0 spiro atoms. The molecule has 0 heterocycles. The van der Waals surface area contributed by atoms with Gasteiger partial charge < -0.3 is 24.4 Å². The van der Waals surface area contributed by atoms with E-state index in [1.807, 2.05) is 43.3 Å². The first-order valence-corrected chi connectivity index (χ1v) is 15.9. The number of ether oxygens (including phenoxy) is 3. The van der Waals surface area contributed by atoms with Crippen molar-refractivity contribution in [3.63, 3.8) is 0 Å². The number of carbonyl (C=O) groups excluding carboxylic acids is 2. The quantitative estimate of drug-likeness (QED) is 0.243. The Hall–Kier alpha value is -4.25. The summed E-state index contributed by atoms with van der Waals surface area (Å²) in [4.78, 5) is 29.4. The fourth-order valence-corrected chi connectivity index (χ4v) is 5.46. The summed E-state index contributed by atoms with van der Waals surface area (Å²) in [7, 11) is 0.445. The van der Waals surface area contributed by atoms with E-state index in [9.17, 15) is 18.0 Å². The van der Waals surface area contributed by atoms with E-state index >= 15 is 0 Å². The Morgan fingerprint density at radius 3 is 2.16 bits per heavy atom. The molecule has 0 saturated carbocycles. The number of hydrogen-bond donors (Lipinski definition) is 1. The maximum absolute atomic E-state index is 14.3. The zero-order valence-electron chi connectivity index (χ0n) is 25.4. The maximum Gasteiger partial charge on any atom is 0.244 e. The first-order valence-electron chi connectivity index (χ1n) is 14.0. The lowest BCUT2D eigenvalue weighted by atomic mass is 10.0. The van der Waals surface area contributed by atoms with Crippen molar-refractivity contribution in [1.82, 2.24) is 10.2 Å². The van der Waals surface area contributed by atoms with Gasteiger partial charge in [0.25, 0.3) is 0 Å². The summed E-state index contributed by atoms with van der Waals surface area (Å²) in [5, 5.41) is 2.97. The highest BCUT2D eigenvalue weighted by molar-refractivity contribution is 7.92. The minimum absolute atomic E-state index is 0.0432. The molecule has 0 aliphatic carbocycles. The second kappa shape index (κ2) is 15.8. The first kappa shape index (κ1) is 33.3. The van der Waals surface area contributed by atoms with Crippen LogP contribution in [-0.2, 0) is 32.6 Å². The third-order valence-electron chi connectivity index (χ3n) is 6.92. The number of anilines is 1. The summed E-state index contributed by atoms with van der Waals surface area (Å²) in [5.41, 5.74) is 1.72. The van der Waals surface area contributed by atoms with Crippen molar-refractivity contribution in [1.29, 1.82) is 0 Å². The van der Waals surface area contributed by atoms with Gasteiger partial charge >= 0.3 is 0 Å². The topological polar surface area (TPSA) is 114 Å². The van der Waals surface area contributed by atoms with Gasteiger partial charge in [0.15, 0.2) is 0 Å². The van der Waals surface area contributed by atoms with Gasteiger partial charge in [0.1, 0.15) is 29.8 Å². The summed E-state index contributed by atoms with van der Waals surface area (Å²) in [5.74, 6) is 0.345. The van der Waals surface area contributed by atoms with E-state index in [1.54, 1.807) is 37.4 Å². The predicted molar refractivity (Wildman–Crippen MR) is 167 cm³/mol. The van der Waals surface area contributed by atoms with Crippen LogP contribution in [0.3, 0.4) is 0 Å². The van der Waals surface area contributed by atoms with Crippen LogP contribution >= 0.6 is 0 Å². The summed E-state index contributed by atoms with van der Waals surface area (Å²) in [6.07, 6.45) is 2.92.